The van der Waals surface area contributed by atoms with Crippen LogP contribution in [0.1, 0.15) is 33.1 Å². The van der Waals surface area contributed by atoms with Crippen molar-refractivity contribution >= 4 is 11.8 Å². The molecule has 2 aromatic rings. The number of carbonyl (C=O) groups excluding carboxylic acids is 2. The predicted octanol–water partition coefficient (Wildman–Crippen LogP) is 2.45. The zero-order chi connectivity index (χ0) is 19.1. The van der Waals surface area contributed by atoms with Crippen molar-refractivity contribution < 1.29 is 9.59 Å². The zero-order valence-electron chi connectivity index (χ0n) is 15.9. The van der Waals surface area contributed by atoms with Crippen LogP contribution in [-0.4, -0.2) is 43.9 Å². The minimum atomic E-state index is -0.240. The molecule has 1 atom stereocenters. The van der Waals surface area contributed by atoms with Gasteiger partial charge < -0.3 is 15.5 Å². The Kier molecular flexibility index (Phi) is 6.92. The third kappa shape index (κ3) is 5.43. The molecule has 0 saturated heterocycles. The summed E-state index contributed by atoms with van der Waals surface area (Å²) in [6.45, 7) is 4.40. The monoisotopic (exact) mass is 353 g/mol. The van der Waals surface area contributed by atoms with Crippen LogP contribution in [-0.2, 0) is 4.79 Å². The number of aryl methyl sites for hydroxylation is 2. The normalized spacial score (nSPS) is 11.9. The van der Waals surface area contributed by atoms with E-state index < -0.39 is 0 Å². The molecule has 0 aliphatic carbocycles. The predicted molar refractivity (Wildman–Crippen MR) is 104 cm³/mol. The van der Waals surface area contributed by atoms with Crippen LogP contribution in [0.2, 0.25) is 0 Å². The van der Waals surface area contributed by atoms with Crippen LogP contribution in [0, 0.1) is 13.8 Å². The van der Waals surface area contributed by atoms with E-state index in [9.17, 15) is 9.59 Å². The fraction of sp³-hybridized carbons (Fsp3) is 0.333. The Morgan fingerprint density at radius 2 is 1.65 bits per heavy atom. The molecule has 2 amide bonds. The van der Waals surface area contributed by atoms with E-state index in [2.05, 4.69) is 15.5 Å². The molecular weight excluding hydrogens is 326 g/mol. The molecule has 0 bridgehead atoms. The van der Waals surface area contributed by atoms with Gasteiger partial charge in [0, 0.05) is 12.1 Å². The maximum absolute atomic E-state index is 12.2. The molecule has 5 nitrogen and oxygen atoms in total. The largest absolute Gasteiger partial charge is 0.353 e. The van der Waals surface area contributed by atoms with E-state index in [-0.39, 0.29) is 24.4 Å². The number of nitrogens with one attached hydrogen (secondary N) is 2. The molecule has 0 heterocycles. The maximum atomic E-state index is 12.2. The van der Waals surface area contributed by atoms with Crippen LogP contribution >= 0.6 is 0 Å². The highest BCUT2D eigenvalue weighted by Gasteiger charge is 2.15. The van der Waals surface area contributed by atoms with Crippen LogP contribution in [0.5, 0.6) is 0 Å². The van der Waals surface area contributed by atoms with Gasteiger partial charge in [0.15, 0.2) is 0 Å². The Bertz CT molecular complexity index is 757. The minimum absolute atomic E-state index is 0.0410. The fourth-order valence-corrected chi connectivity index (χ4v) is 2.69. The molecule has 0 radical (unpaired) electrons. The quantitative estimate of drug-likeness (QED) is 0.804. The van der Waals surface area contributed by atoms with Crippen molar-refractivity contribution in [3.63, 3.8) is 0 Å². The number of rotatable bonds is 7. The lowest BCUT2D eigenvalue weighted by molar-refractivity contribution is -0.120. The van der Waals surface area contributed by atoms with E-state index in [4.69, 9.17) is 0 Å². The molecule has 0 aliphatic rings. The van der Waals surface area contributed by atoms with Gasteiger partial charge in [-0.05, 0) is 56.8 Å². The highest BCUT2D eigenvalue weighted by atomic mass is 16.2. The van der Waals surface area contributed by atoms with E-state index >= 15 is 0 Å². The highest BCUT2D eigenvalue weighted by molar-refractivity contribution is 5.96. The molecule has 0 spiro atoms. The van der Waals surface area contributed by atoms with Crippen molar-refractivity contribution in [1.82, 2.24) is 15.5 Å². The maximum Gasteiger partial charge on any atom is 0.251 e. The summed E-state index contributed by atoms with van der Waals surface area (Å²) in [4.78, 5) is 26.4. The topological polar surface area (TPSA) is 61.4 Å². The van der Waals surface area contributed by atoms with Gasteiger partial charge in [0.2, 0.25) is 5.91 Å². The van der Waals surface area contributed by atoms with E-state index in [1.54, 1.807) is 6.07 Å². The second-order valence-corrected chi connectivity index (χ2v) is 6.68. The Morgan fingerprint density at radius 1 is 0.962 bits per heavy atom. The molecule has 2 N–H and O–H groups in total. The lowest BCUT2D eigenvalue weighted by Crippen LogP contribution is -2.40. The number of hydrogen-bond acceptors (Lipinski definition) is 3. The summed E-state index contributed by atoms with van der Waals surface area (Å²) in [5.41, 5.74) is 3.89. The number of carbonyl (C=O) groups is 2. The number of likely N-dealkylation sites (N-methyl/N-ethyl adjacent to an activating group) is 1. The summed E-state index contributed by atoms with van der Waals surface area (Å²) in [6, 6.07) is 15.6. The fourth-order valence-electron chi connectivity index (χ4n) is 2.69. The Labute approximate surface area is 155 Å². The number of amides is 2. The molecule has 0 aromatic heterocycles. The standard InChI is InChI=1S/C21H27N3O2/c1-15-10-11-18(12-16(15)2)21(26)23-14-20(25)22-13-19(24(3)4)17-8-6-5-7-9-17/h5-12,19H,13-14H2,1-4H3,(H,22,25)(H,23,26). The van der Waals surface area contributed by atoms with Crippen molar-refractivity contribution in [3.05, 3.63) is 70.8 Å². The summed E-state index contributed by atoms with van der Waals surface area (Å²) in [6.07, 6.45) is 0. The van der Waals surface area contributed by atoms with Crippen LogP contribution < -0.4 is 10.6 Å². The van der Waals surface area contributed by atoms with Crippen LogP contribution in [0.4, 0.5) is 0 Å². The molecule has 138 valence electrons. The van der Waals surface area contributed by atoms with Crippen molar-refractivity contribution in [2.45, 2.75) is 19.9 Å². The molecule has 0 fully saturated rings. The van der Waals surface area contributed by atoms with Crippen molar-refractivity contribution in [2.24, 2.45) is 0 Å². The third-order valence-corrected chi connectivity index (χ3v) is 4.48. The van der Waals surface area contributed by atoms with E-state index in [1.165, 1.54) is 0 Å². The first-order valence-corrected chi connectivity index (χ1v) is 8.72. The van der Waals surface area contributed by atoms with Crippen molar-refractivity contribution in [3.8, 4) is 0 Å². The molecule has 0 saturated carbocycles. The van der Waals surface area contributed by atoms with Crippen LogP contribution in [0.15, 0.2) is 48.5 Å². The average Bonchev–Trinajstić information content (AvgIpc) is 2.62. The Hall–Kier alpha value is -2.66. The van der Waals surface area contributed by atoms with Crippen LogP contribution in [0.25, 0.3) is 0 Å². The van der Waals surface area contributed by atoms with Crippen LogP contribution in [0.3, 0.4) is 0 Å². The highest BCUT2D eigenvalue weighted by Crippen LogP contribution is 2.16. The van der Waals surface area contributed by atoms with Crippen molar-refractivity contribution in [1.29, 1.82) is 0 Å². The molecule has 2 rings (SSSR count). The van der Waals surface area contributed by atoms with E-state index in [0.29, 0.717) is 12.1 Å². The summed E-state index contributed by atoms with van der Waals surface area (Å²) in [5.74, 6) is -0.444. The second-order valence-electron chi connectivity index (χ2n) is 6.68. The van der Waals surface area contributed by atoms with Gasteiger partial charge in [0.05, 0.1) is 12.6 Å². The molecule has 2 aromatic carbocycles. The van der Waals surface area contributed by atoms with Gasteiger partial charge in [-0.1, -0.05) is 36.4 Å². The summed E-state index contributed by atoms with van der Waals surface area (Å²) >= 11 is 0. The van der Waals surface area contributed by atoms with Gasteiger partial charge in [-0.3, -0.25) is 9.59 Å². The summed E-state index contributed by atoms with van der Waals surface area (Å²) in [7, 11) is 3.96. The Morgan fingerprint density at radius 3 is 2.27 bits per heavy atom. The molecule has 26 heavy (non-hydrogen) atoms. The van der Waals surface area contributed by atoms with Gasteiger partial charge in [0.25, 0.3) is 5.91 Å². The number of nitrogens with zero attached hydrogens (tertiary/aromatic N) is 1. The molecule has 5 heteroatoms. The smallest absolute Gasteiger partial charge is 0.251 e. The third-order valence-electron chi connectivity index (χ3n) is 4.48. The second kappa shape index (κ2) is 9.15. The average molecular weight is 353 g/mol. The Balaban J connectivity index is 1.86. The molecule has 1 unspecified atom stereocenters. The number of benzene rings is 2. The molecular formula is C21H27N3O2. The first kappa shape index (κ1) is 19.7. The SMILES string of the molecule is Cc1ccc(C(=O)NCC(=O)NCC(c2ccccc2)N(C)C)cc1C. The van der Waals surface area contributed by atoms with Gasteiger partial charge in [-0.25, -0.2) is 0 Å². The minimum Gasteiger partial charge on any atom is -0.353 e. The van der Waals surface area contributed by atoms with Gasteiger partial charge in [0.1, 0.15) is 0 Å². The lowest BCUT2D eigenvalue weighted by atomic mass is 10.1. The van der Waals surface area contributed by atoms with E-state index in [0.717, 1.165) is 16.7 Å². The lowest BCUT2D eigenvalue weighted by Gasteiger charge is -2.25. The summed E-state index contributed by atoms with van der Waals surface area (Å²) in [5, 5.41) is 5.57. The van der Waals surface area contributed by atoms with Gasteiger partial charge in [-0.2, -0.15) is 0 Å². The first-order valence-electron chi connectivity index (χ1n) is 8.72. The van der Waals surface area contributed by atoms with Crippen molar-refractivity contribution in [2.75, 3.05) is 27.2 Å². The van der Waals surface area contributed by atoms with E-state index in [1.807, 2.05) is 70.4 Å². The van der Waals surface area contributed by atoms with Gasteiger partial charge in [-0.15, -0.1) is 0 Å². The first-order chi connectivity index (χ1) is 12.4. The molecule has 0 aliphatic heterocycles. The summed E-state index contributed by atoms with van der Waals surface area (Å²) < 4.78 is 0. The van der Waals surface area contributed by atoms with Gasteiger partial charge >= 0.3 is 0 Å². The zero-order valence-corrected chi connectivity index (χ0v) is 15.9. The number of hydrogen-bond donors (Lipinski definition) is 2.